The molecule has 1 amide bonds. The van der Waals surface area contributed by atoms with E-state index >= 15 is 0 Å². The molecule has 0 radical (unpaired) electrons. The molecule has 0 bridgehead atoms. The Labute approximate surface area is 142 Å². The first-order chi connectivity index (χ1) is 10.4. The summed E-state index contributed by atoms with van der Waals surface area (Å²) in [6.45, 7) is 4.36. The van der Waals surface area contributed by atoms with E-state index in [-0.39, 0.29) is 38.0 Å². The van der Waals surface area contributed by atoms with Crippen molar-refractivity contribution < 1.29 is 19.0 Å². The second kappa shape index (κ2) is 8.47. The van der Waals surface area contributed by atoms with Crippen LogP contribution < -0.4 is 15.4 Å². The first kappa shape index (κ1) is 19.7. The zero-order valence-electron chi connectivity index (χ0n) is 13.3. The van der Waals surface area contributed by atoms with E-state index in [1.54, 1.807) is 24.3 Å². The number of ether oxygens (including phenoxy) is 1. The van der Waals surface area contributed by atoms with Crippen molar-refractivity contribution in [2.24, 2.45) is 0 Å². The molecular formula is C16H24ClFN2O3. The van der Waals surface area contributed by atoms with Crippen molar-refractivity contribution in [3.63, 3.8) is 0 Å². The Hall–Kier alpha value is -1.37. The summed E-state index contributed by atoms with van der Waals surface area (Å²) in [5, 5.41) is 15.4. The van der Waals surface area contributed by atoms with Crippen molar-refractivity contribution in [3.8, 4) is 5.75 Å². The average Bonchev–Trinajstić information content (AvgIpc) is 2.92. The van der Waals surface area contributed by atoms with Gasteiger partial charge in [0.25, 0.3) is 5.91 Å². The van der Waals surface area contributed by atoms with Gasteiger partial charge in [0.1, 0.15) is 5.75 Å². The molecule has 2 atom stereocenters. The van der Waals surface area contributed by atoms with Gasteiger partial charge in [0.2, 0.25) is 5.67 Å². The second-order valence-electron chi connectivity index (χ2n) is 5.85. The van der Waals surface area contributed by atoms with Gasteiger partial charge in [-0.1, -0.05) is 12.1 Å². The number of rotatable bonds is 6. The first-order valence-electron chi connectivity index (χ1n) is 7.53. The fourth-order valence-corrected chi connectivity index (χ4v) is 2.36. The van der Waals surface area contributed by atoms with Crippen molar-refractivity contribution in [2.75, 3.05) is 19.6 Å². The molecule has 0 aliphatic carbocycles. The lowest BCUT2D eigenvalue weighted by molar-refractivity contribution is -0.132. The molecule has 0 saturated carbocycles. The first-order valence-corrected chi connectivity index (χ1v) is 7.53. The van der Waals surface area contributed by atoms with Gasteiger partial charge in [-0.25, -0.2) is 4.39 Å². The highest BCUT2D eigenvalue weighted by atomic mass is 35.5. The standard InChI is InChI=1S/C16H23FN2O3.ClH/c1-11(2)22-13-5-3-12(4-6-13)14(20)9-19-15(21)16(17)7-8-18-10-16;/h3-6,11,14,18,20H,7-10H2,1-2H3,(H,19,21);1H. The Kier molecular flexibility index (Phi) is 7.25. The molecule has 7 heteroatoms. The van der Waals surface area contributed by atoms with Crippen LogP contribution in [0.3, 0.4) is 0 Å². The predicted molar refractivity (Wildman–Crippen MR) is 88.7 cm³/mol. The monoisotopic (exact) mass is 346 g/mol. The zero-order valence-corrected chi connectivity index (χ0v) is 14.2. The van der Waals surface area contributed by atoms with E-state index in [1.165, 1.54) is 0 Å². The number of alkyl halides is 1. The van der Waals surface area contributed by atoms with Gasteiger partial charge in [0, 0.05) is 19.5 Å². The summed E-state index contributed by atoms with van der Waals surface area (Å²) in [6, 6.07) is 6.99. The number of halogens is 2. The van der Waals surface area contributed by atoms with Crippen LogP contribution in [0.25, 0.3) is 0 Å². The Morgan fingerprint density at radius 3 is 2.61 bits per heavy atom. The Balaban J connectivity index is 0.00000264. The minimum absolute atomic E-state index is 0. The van der Waals surface area contributed by atoms with Crippen LogP contribution in [-0.4, -0.2) is 42.4 Å². The minimum atomic E-state index is -1.87. The Bertz CT molecular complexity index is 505. The fraction of sp³-hybridized carbons (Fsp3) is 0.562. The summed E-state index contributed by atoms with van der Waals surface area (Å²) in [5.41, 5.74) is -1.22. The summed E-state index contributed by atoms with van der Waals surface area (Å²) in [4.78, 5) is 11.8. The highest BCUT2D eigenvalue weighted by Gasteiger charge is 2.41. The van der Waals surface area contributed by atoms with Crippen LogP contribution >= 0.6 is 12.4 Å². The van der Waals surface area contributed by atoms with Crippen molar-refractivity contribution in [2.45, 2.75) is 38.1 Å². The van der Waals surface area contributed by atoms with Gasteiger partial charge < -0.3 is 20.5 Å². The summed E-state index contributed by atoms with van der Waals surface area (Å²) in [5.74, 6) is 0.0473. The molecule has 1 aliphatic rings. The maximum absolute atomic E-state index is 14.2. The lowest BCUT2D eigenvalue weighted by Gasteiger charge is -2.19. The highest BCUT2D eigenvalue weighted by molar-refractivity contribution is 5.86. The molecule has 0 spiro atoms. The largest absolute Gasteiger partial charge is 0.491 e. The number of hydrogen-bond acceptors (Lipinski definition) is 4. The van der Waals surface area contributed by atoms with E-state index in [2.05, 4.69) is 10.6 Å². The smallest absolute Gasteiger partial charge is 0.259 e. The SMILES string of the molecule is CC(C)Oc1ccc(C(O)CNC(=O)C2(F)CCNC2)cc1.Cl. The molecule has 0 aromatic heterocycles. The van der Waals surface area contributed by atoms with Crippen molar-refractivity contribution in [1.82, 2.24) is 10.6 Å². The third-order valence-electron chi connectivity index (χ3n) is 3.60. The van der Waals surface area contributed by atoms with Gasteiger partial charge >= 0.3 is 0 Å². The second-order valence-corrected chi connectivity index (χ2v) is 5.85. The quantitative estimate of drug-likeness (QED) is 0.734. The number of carbonyl (C=O) groups is 1. The third-order valence-corrected chi connectivity index (χ3v) is 3.60. The minimum Gasteiger partial charge on any atom is -0.491 e. The van der Waals surface area contributed by atoms with Crippen molar-refractivity contribution in [1.29, 1.82) is 0 Å². The normalized spacial score (nSPS) is 21.6. The summed E-state index contributed by atoms with van der Waals surface area (Å²) in [6.07, 6.45) is -0.637. The highest BCUT2D eigenvalue weighted by Crippen LogP contribution is 2.21. The molecule has 1 heterocycles. The van der Waals surface area contributed by atoms with Gasteiger partial charge in [0.05, 0.1) is 12.2 Å². The number of benzene rings is 1. The molecule has 5 nitrogen and oxygen atoms in total. The van der Waals surface area contributed by atoms with Crippen LogP contribution in [-0.2, 0) is 4.79 Å². The molecular weight excluding hydrogens is 323 g/mol. The number of nitrogens with one attached hydrogen (secondary N) is 2. The molecule has 3 N–H and O–H groups in total. The molecule has 1 aliphatic heterocycles. The molecule has 2 unspecified atom stereocenters. The maximum Gasteiger partial charge on any atom is 0.259 e. The van der Waals surface area contributed by atoms with E-state index < -0.39 is 17.7 Å². The Morgan fingerprint density at radius 2 is 2.09 bits per heavy atom. The van der Waals surface area contributed by atoms with Gasteiger partial charge in [-0.15, -0.1) is 12.4 Å². The van der Waals surface area contributed by atoms with Crippen molar-refractivity contribution in [3.05, 3.63) is 29.8 Å². The predicted octanol–water partition coefficient (Wildman–Crippen LogP) is 1.75. The number of hydrogen-bond donors (Lipinski definition) is 3. The lowest BCUT2D eigenvalue weighted by Crippen LogP contribution is -2.46. The van der Waals surface area contributed by atoms with Gasteiger partial charge in [0.15, 0.2) is 0 Å². The molecule has 1 aromatic rings. The molecule has 130 valence electrons. The van der Waals surface area contributed by atoms with Crippen LogP contribution in [0.5, 0.6) is 5.75 Å². The van der Waals surface area contributed by atoms with E-state index in [0.29, 0.717) is 12.1 Å². The van der Waals surface area contributed by atoms with Gasteiger partial charge in [-0.3, -0.25) is 4.79 Å². The van der Waals surface area contributed by atoms with E-state index in [4.69, 9.17) is 4.74 Å². The Morgan fingerprint density at radius 1 is 1.43 bits per heavy atom. The number of carbonyl (C=O) groups excluding carboxylic acids is 1. The average molecular weight is 347 g/mol. The van der Waals surface area contributed by atoms with Crippen LogP contribution in [0.15, 0.2) is 24.3 Å². The molecule has 1 saturated heterocycles. The van der Waals surface area contributed by atoms with E-state index in [0.717, 1.165) is 5.75 Å². The number of amides is 1. The topological polar surface area (TPSA) is 70.6 Å². The summed E-state index contributed by atoms with van der Waals surface area (Å²) in [7, 11) is 0. The van der Waals surface area contributed by atoms with Crippen LogP contribution in [0, 0.1) is 0 Å². The van der Waals surface area contributed by atoms with E-state index in [1.807, 2.05) is 13.8 Å². The summed E-state index contributed by atoms with van der Waals surface area (Å²) >= 11 is 0. The maximum atomic E-state index is 14.2. The fourth-order valence-electron chi connectivity index (χ4n) is 2.36. The van der Waals surface area contributed by atoms with E-state index in [9.17, 15) is 14.3 Å². The molecule has 1 aromatic carbocycles. The third kappa shape index (κ3) is 5.34. The zero-order chi connectivity index (χ0) is 16.2. The van der Waals surface area contributed by atoms with Gasteiger partial charge in [-0.05, 0) is 38.1 Å². The van der Waals surface area contributed by atoms with Crippen LogP contribution in [0.4, 0.5) is 4.39 Å². The molecule has 23 heavy (non-hydrogen) atoms. The van der Waals surface area contributed by atoms with Crippen LogP contribution in [0.2, 0.25) is 0 Å². The number of aliphatic hydroxyl groups excluding tert-OH is 1. The lowest BCUT2D eigenvalue weighted by atomic mass is 10.0. The summed E-state index contributed by atoms with van der Waals surface area (Å²) < 4.78 is 19.7. The number of aliphatic hydroxyl groups is 1. The van der Waals surface area contributed by atoms with Crippen LogP contribution in [0.1, 0.15) is 31.9 Å². The van der Waals surface area contributed by atoms with Crippen molar-refractivity contribution >= 4 is 18.3 Å². The van der Waals surface area contributed by atoms with Gasteiger partial charge in [-0.2, -0.15) is 0 Å². The molecule has 1 fully saturated rings. The molecule has 2 rings (SSSR count).